The van der Waals surface area contributed by atoms with Crippen molar-refractivity contribution < 1.29 is 27.1 Å². The van der Waals surface area contributed by atoms with E-state index in [1.54, 1.807) is 12.1 Å². The minimum atomic E-state index is -4.45. The van der Waals surface area contributed by atoms with Crippen LogP contribution in [0.3, 0.4) is 0 Å². The molecule has 0 radical (unpaired) electrons. The number of rotatable bonds is 7. The summed E-state index contributed by atoms with van der Waals surface area (Å²) in [6.45, 7) is 3.27. The van der Waals surface area contributed by atoms with Crippen molar-refractivity contribution in [3.8, 4) is 5.75 Å². The van der Waals surface area contributed by atoms with Crippen LogP contribution in [0.4, 0.5) is 23.2 Å². The second-order valence-electron chi connectivity index (χ2n) is 9.72. The first kappa shape index (κ1) is 26.0. The van der Waals surface area contributed by atoms with Gasteiger partial charge >= 0.3 is 6.18 Å². The fourth-order valence-corrected chi connectivity index (χ4v) is 5.29. The number of alkyl halides is 3. The first-order chi connectivity index (χ1) is 18.3. The van der Waals surface area contributed by atoms with E-state index < -0.39 is 17.7 Å². The second kappa shape index (κ2) is 11.0. The highest BCUT2D eigenvalue weighted by Crippen LogP contribution is 2.39. The van der Waals surface area contributed by atoms with Crippen LogP contribution in [0, 0.1) is 11.7 Å². The summed E-state index contributed by atoms with van der Waals surface area (Å²) in [4.78, 5) is 17.7. The summed E-state index contributed by atoms with van der Waals surface area (Å²) in [5, 5.41) is 2.92. The van der Waals surface area contributed by atoms with Crippen LogP contribution in [0.25, 0.3) is 0 Å². The molecular weight excluding hydrogens is 498 g/mol. The SMILES string of the molecule is O=C(NCc1ccc(F)cc1)[C@@H]1Cc2cc(C(F)(F)F)ccc2N2CCN(CCOc3ccccc3)C[C@@H]12. The number of halogens is 4. The number of hydrogen-bond donors (Lipinski definition) is 1. The number of piperazine rings is 1. The number of carbonyl (C=O) groups is 1. The molecule has 0 spiro atoms. The molecule has 2 atom stereocenters. The highest BCUT2D eigenvalue weighted by molar-refractivity contribution is 5.82. The third-order valence-corrected chi connectivity index (χ3v) is 7.26. The summed E-state index contributed by atoms with van der Waals surface area (Å²) in [5.74, 6) is -0.339. The second-order valence-corrected chi connectivity index (χ2v) is 9.72. The molecule has 5 nitrogen and oxygen atoms in total. The van der Waals surface area contributed by atoms with Gasteiger partial charge < -0.3 is 15.0 Å². The van der Waals surface area contributed by atoms with Crippen LogP contribution in [0.5, 0.6) is 5.75 Å². The van der Waals surface area contributed by atoms with Crippen molar-refractivity contribution in [2.24, 2.45) is 5.92 Å². The van der Waals surface area contributed by atoms with Crippen LogP contribution in [0.15, 0.2) is 72.8 Å². The maximum absolute atomic E-state index is 13.4. The minimum absolute atomic E-state index is 0.196. The number of anilines is 1. The molecule has 38 heavy (non-hydrogen) atoms. The minimum Gasteiger partial charge on any atom is -0.492 e. The molecule has 3 aromatic rings. The van der Waals surface area contributed by atoms with Crippen molar-refractivity contribution in [3.05, 3.63) is 95.3 Å². The van der Waals surface area contributed by atoms with Gasteiger partial charge in [-0.3, -0.25) is 9.69 Å². The number of nitrogens with zero attached hydrogens (tertiary/aromatic N) is 2. The van der Waals surface area contributed by atoms with Gasteiger partial charge in [0, 0.05) is 38.4 Å². The molecule has 0 saturated carbocycles. The average Bonchev–Trinajstić information content (AvgIpc) is 2.92. The van der Waals surface area contributed by atoms with E-state index in [1.807, 2.05) is 30.3 Å². The Kier molecular flexibility index (Phi) is 7.56. The fraction of sp³-hybridized carbons (Fsp3) is 0.345. The zero-order valence-electron chi connectivity index (χ0n) is 20.8. The summed E-state index contributed by atoms with van der Waals surface area (Å²) in [5.41, 5.74) is 1.32. The van der Waals surface area contributed by atoms with Crippen LogP contribution in [-0.4, -0.2) is 49.6 Å². The van der Waals surface area contributed by atoms with Crippen molar-refractivity contribution in [3.63, 3.8) is 0 Å². The number of amides is 1. The van der Waals surface area contributed by atoms with Gasteiger partial charge in [-0.15, -0.1) is 0 Å². The number of ether oxygens (including phenoxy) is 1. The molecule has 2 heterocycles. The summed E-state index contributed by atoms with van der Waals surface area (Å²) in [7, 11) is 0. The third-order valence-electron chi connectivity index (χ3n) is 7.26. The van der Waals surface area contributed by atoms with Crippen molar-refractivity contribution >= 4 is 11.6 Å². The Morgan fingerprint density at radius 1 is 1.00 bits per heavy atom. The third kappa shape index (κ3) is 5.93. The lowest BCUT2D eigenvalue weighted by Crippen LogP contribution is -2.61. The van der Waals surface area contributed by atoms with E-state index >= 15 is 0 Å². The predicted molar refractivity (Wildman–Crippen MR) is 136 cm³/mol. The molecule has 0 unspecified atom stereocenters. The lowest BCUT2D eigenvalue weighted by molar-refractivity contribution is -0.137. The monoisotopic (exact) mass is 527 g/mol. The van der Waals surface area contributed by atoms with E-state index in [1.165, 1.54) is 24.3 Å². The van der Waals surface area contributed by atoms with Gasteiger partial charge in [0.25, 0.3) is 0 Å². The Hall–Kier alpha value is -3.59. The quantitative estimate of drug-likeness (QED) is 0.444. The molecular formula is C29H29F4N3O2. The standard InChI is InChI=1S/C29H29F4N3O2/c30-23-9-6-20(7-10-23)18-34-28(37)25-17-21-16-22(29(31,32)33)8-11-26(21)36-13-12-35(19-27(25)36)14-15-38-24-4-2-1-3-5-24/h1-11,16,25,27H,12-15,17-19H2,(H,34,37)/t25-,27+/m1/s1. The summed E-state index contributed by atoms with van der Waals surface area (Å²) in [6, 6.07) is 19.0. The molecule has 0 aromatic heterocycles. The van der Waals surface area contributed by atoms with E-state index in [-0.39, 0.29) is 30.7 Å². The number of fused-ring (bicyclic) bond motifs is 3. The summed E-state index contributed by atoms with van der Waals surface area (Å²) >= 11 is 0. The van der Waals surface area contributed by atoms with Crippen molar-refractivity contribution in [2.45, 2.75) is 25.2 Å². The van der Waals surface area contributed by atoms with Gasteiger partial charge in [0.05, 0.1) is 17.5 Å². The molecule has 9 heteroatoms. The van der Waals surface area contributed by atoms with Crippen molar-refractivity contribution in [1.29, 1.82) is 0 Å². The Morgan fingerprint density at radius 2 is 1.76 bits per heavy atom. The fourth-order valence-electron chi connectivity index (χ4n) is 5.29. The molecule has 2 aliphatic heterocycles. The van der Waals surface area contributed by atoms with Gasteiger partial charge in [-0.2, -0.15) is 13.2 Å². The summed E-state index contributed by atoms with van der Waals surface area (Å²) in [6.07, 6.45) is -4.24. The zero-order valence-corrected chi connectivity index (χ0v) is 20.8. The molecule has 200 valence electrons. The van der Waals surface area contributed by atoms with Crippen molar-refractivity contribution in [2.75, 3.05) is 37.7 Å². The molecule has 2 aliphatic rings. The average molecular weight is 528 g/mol. The van der Waals surface area contributed by atoms with Gasteiger partial charge in [-0.1, -0.05) is 30.3 Å². The number of carbonyl (C=O) groups excluding carboxylic acids is 1. The Balaban J connectivity index is 1.32. The zero-order chi connectivity index (χ0) is 26.7. The number of para-hydroxylation sites is 1. The highest BCUT2D eigenvalue weighted by Gasteiger charge is 2.42. The van der Waals surface area contributed by atoms with E-state index in [0.717, 1.165) is 23.1 Å². The maximum atomic E-state index is 13.4. The molecule has 1 fully saturated rings. The molecule has 0 aliphatic carbocycles. The maximum Gasteiger partial charge on any atom is 0.416 e. The first-order valence-electron chi connectivity index (χ1n) is 12.7. The molecule has 0 bridgehead atoms. The first-order valence-corrected chi connectivity index (χ1v) is 12.7. The Morgan fingerprint density at radius 3 is 2.50 bits per heavy atom. The summed E-state index contributed by atoms with van der Waals surface area (Å²) < 4.78 is 59.4. The number of nitrogens with one attached hydrogen (secondary N) is 1. The van der Waals surface area contributed by atoms with Gasteiger partial charge in [-0.05, 0) is 60.0 Å². The van der Waals surface area contributed by atoms with Gasteiger partial charge in [0.15, 0.2) is 0 Å². The highest BCUT2D eigenvalue weighted by atomic mass is 19.4. The molecule has 1 saturated heterocycles. The Bertz CT molecular complexity index is 1250. The lowest BCUT2D eigenvalue weighted by Gasteiger charge is -2.49. The lowest BCUT2D eigenvalue weighted by atomic mass is 9.82. The smallest absolute Gasteiger partial charge is 0.416 e. The van der Waals surface area contributed by atoms with E-state index in [9.17, 15) is 22.4 Å². The molecule has 1 amide bonds. The van der Waals surface area contributed by atoms with E-state index in [4.69, 9.17) is 4.74 Å². The van der Waals surface area contributed by atoms with Crippen LogP contribution in [-0.2, 0) is 23.9 Å². The van der Waals surface area contributed by atoms with E-state index in [2.05, 4.69) is 15.1 Å². The Labute approximate surface area is 219 Å². The largest absolute Gasteiger partial charge is 0.492 e. The normalized spacial score (nSPS) is 19.4. The van der Waals surface area contributed by atoms with Crippen LogP contribution in [0.2, 0.25) is 0 Å². The number of hydrogen-bond acceptors (Lipinski definition) is 4. The van der Waals surface area contributed by atoms with E-state index in [0.29, 0.717) is 38.3 Å². The van der Waals surface area contributed by atoms with Crippen LogP contribution in [0.1, 0.15) is 16.7 Å². The van der Waals surface area contributed by atoms with Crippen LogP contribution >= 0.6 is 0 Å². The molecule has 3 aromatic carbocycles. The number of benzene rings is 3. The topological polar surface area (TPSA) is 44.8 Å². The van der Waals surface area contributed by atoms with Crippen LogP contribution < -0.4 is 15.0 Å². The van der Waals surface area contributed by atoms with Gasteiger partial charge in [0.2, 0.25) is 5.91 Å². The van der Waals surface area contributed by atoms with Gasteiger partial charge in [0.1, 0.15) is 18.2 Å². The molecule has 5 rings (SSSR count). The van der Waals surface area contributed by atoms with Gasteiger partial charge in [-0.25, -0.2) is 4.39 Å². The van der Waals surface area contributed by atoms with Crippen molar-refractivity contribution in [1.82, 2.24) is 10.2 Å². The predicted octanol–water partition coefficient (Wildman–Crippen LogP) is 4.90. The molecule has 1 N–H and O–H groups in total.